The summed E-state index contributed by atoms with van der Waals surface area (Å²) in [5.41, 5.74) is 1.55. The Morgan fingerprint density at radius 3 is 2.42 bits per heavy atom. The second kappa shape index (κ2) is 13.4. The Labute approximate surface area is 305 Å². The quantitative estimate of drug-likeness (QED) is 0.252. The summed E-state index contributed by atoms with van der Waals surface area (Å²) in [7, 11) is 1.88. The number of carbonyl (C=O) groups is 3. The number of likely N-dealkylation sites (tertiary alicyclic amines) is 1. The molecule has 3 aliphatic heterocycles. The molecule has 5 fully saturated rings. The van der Waals surface area contributed by atoms with Crippen molar-refractivity contribution in [2.24, 2.45) is 5.92 Å². The molecule has 3 aromatic rings. The molecule has 2 saturated carbocycles. The third-order valence-electron chi connectivity index (χ3n) is 12.9. The zero-order valence-corrected chi connectivity index (χ0v) is 30.4. The Morgan fingerprint density at radius 1 is 0.981 bits per heavy atom. The van der Waals surface area contributed by atoms with Gasteiger partial charge in [-0.2, -0.15) is 13.2 Å². The highest BCUT2D eigenvalue weighted by Crippen LogP contribution is 2.55. The Hall–Kier alpha value is -3.51. The van der Waals surface area contributed by atoms with Crippen molar-refractivity contribution in [3.63, 3.8) is 0 Å². The van der Waals surface area contributed by atoms with Crippen LogP contribution in [0.5, 0.6) is 0 Å². The van der Waals surface area contributed by atoms with Crippen LogP contribution >= 0.6 is 11.3 Å². The fourth-order valence-electron chi connectivity index (χ4n) is 9.54. The molecule has 3 saturated heterocycles. The van der Waals surface area contributed by atoms with Gasteiger partial charge in [0.1, 0.15) is 18.3 Å². The third-order valence-corrected chi connectivity index (χ3v) is 14.0. The molecule has 8 rings (SSSR count). The van der Waals surface area contributed by atoms with Crippen molar-refractivity contribution in [3.8, 4) is 0 Å². The van der Waals surface area contributed by atoms with E-state index in [1.807, 2.05) is 30.1 Å². The van der Waals surface area contributed by atoms with E-state index in [1.165, 1.54) is 23.8 Å². The van der Waals surface area contributed by atoms with Gasteiger partial charge in [-0.3, -0.25) is 14.4 Å². The van der Waals surface area contributed by atoms with Gasteiger partial charge in [-0.15, -0.1) is 11.3 Å². The molecule has 2 aliphatic carbocycles. The molecule has 0 radical (unpaired) electrons. The van der Waals surface area contributed by atoms with Crippen LogP contribution in [-0.2, 0) is 9.59 Å². The molecule has 0 bridgehead atoms. The Bertz CT molecular complexity index is 1840. The number of nitrogens with zero attached hydrogens (tertiary/aromatic N) is 3. The van der Waals surface area contributed by atoms with Crippen LogP contribution in [0.25, 0.3) is 10.1 Å². The van der Waals surface area contributed by atoms with Gasteiger partial charge in [-0.1, -0.05) is 36.4 Å². The van der Waals surface area contributed by atoms with Crippen LogP contribution in [0.15, 0.2) is 54.6 Å². The fraction of sp³-hybridized carbons (Fsp3) is 0.575. The first-order chi connectivity index (χ1) is 24.8. The summed E-state index contributed by atoms with van der Waals surface area (Å²) in [5.74, 6) is -1.78. The molecule has 5 aliphatic rings. The van der Waals surface area contributed by atoms with Gasteiger partial charge in [-0.25, -0.2) is 4.39 Å². The lowest BCUT2D eigenvalue weighted by Gasteiger charge is -2.47. The Kier molecular flexibility index (Phi) is 9.16. The topological polar surface area (TPSA) is 73.0 Å². The number of benzene rings is 2. The van der Waals surface area contributed by atoms with Crippen LogP contribution < -0.4 is 5.32 Å². The number of amides is 3. The summed E-state index contributed by atoms with van der Waals surface area (Å²) < 4.78 is 55.1. The lowest BCUT2D eigenvalue weighted by Crippen LogP contribution is -2.60. The number of fused-ring (bicyclic) bond motifs is 2. The number of nitrogens with one attached hydrogen (secondary N) is 1. The molecule has 52 heavy (non-hydrogen) atoms. The van der Waals surface area contributed by atoms with Crippen molar-refractivity contribution in [2.45, 2.75) is 125 Å². The second-order valence-electron chi connectivity index (χ2n) is 16.0. The molecule has 6 atom stereocenters. The van der Waals surface area contributed by atoms with Gasteiger partial charge in [0, 0.05) is 40.8 Å². The van der Waals surface area contributed by atoms with Crippen LogP contribution in [-0.4, -0.2) is 87.9 Å². The smallest absolute Gasteiger partial charge is 0.340 e. The predicted octanol–water partition coefficient (Wildman–Crippen LogP) is 7.76. The van der Waals surface area contributed by atoms with Crippen molar-refractivity contribution in [2.75, 3.05) is 13.6 Å². The summed E-state index contributed by atoms with van der Waals surface area (Å²) in [6.07, 6.45) is 0.0848. The van der Waals surface area contributed by atoms with Crippen LogP contribution in [0.1, 0.15) is 104 Å². The highest BCUT2D eigenvalue weighted by atomic mass is 32.1. The van der Waals surface area contributed by atoms with Gasteiger partial charge in [0.15, 0.2) is 0 Å². The zero-order valence-electron chi connectivity index (χ0n) is 29.6. The maximum atomic E-state index is 14.6. The van der Waals surface area contributed by atoms with E-state index in [-0.39, 0.29) is 54.2 Å². The first kappa shape index (κ1) is 35.5. The number of halogens is 4. The van der Waals surface area contributed by atoms with E-state index in [9.17, 15) is 31.9 Å². The molecule has 1 N–H and O–H groups in total. The van der Waals surface area contributed by atoms with E-state index in [1.54, 1.807) is 29.2 Å². The predicted molar refractivity (Wildman–Crippen MR) is 192 cm³/mol. The zero-order chi connectivity index (χ0) is 36.5. The standard InChI is InChI=1S/C40H46F4N4O3S/c1-23(41)25-8-13-34-26(16-25)17-35(52-34)36(49)45-32-11-9-29(46(2)31-18-28(19-31)40(42,43)44)20-30-10-12-33(48(30)37(32)50)38(51)47-22-27(21-39(47)14-15-39)24-6-4-3-5-7-24/h3-8,13,16-17,23,27-33H,9-12,14-15,18-22H2,1-2H3,(H,45,49)/t23-,27+,28?,29-,30+,31?,32-,33-/m0/s1. The second-order valence-corrected chi connectivity index (χ2v) is 17.1. The number of hydrogen-bond acceptors (Lipinski definition) is 5. The summed E-state index contributed by atoms with van der Waals surface area (Å²) in [6.45, 7) is 2.07. The molecule has 3 amide bonds. The van der Waals surface area contributed by atoms with Crippen molar-refractivity contribution in [1.29, 1.82) is 0 Å². The third kappa shape index (κ3) is 6.52. The molecular weight excluding hydrogens is 693 g/mol. The first-order valence-electron chi connectivity index (χ1n) is 18.8. The number of alkyl halides is 4. The summed E-state index contributed by atoms with van der Waals surface area (Å²) in [5, 5.41) is 3.76. The van der Waals surface area contributed by atoms with Gasteiger partial charge in [0.2, 0.25) is 11.8 Å². The molecule has 0 unspecified atom stereocenters. The van der Waals surface area contributed by atoms with Crippen LogP contribution in [0.3, 0.4) is 0 Å². The minimum Gasteiger partial charge on any atom is -0.340 e. The molecule has 12 heteroatoms. The minimum absolute atomic E-state index is 0.0308. The van der Waals surface area contributed by atoms with Crippen LogP contribution in [0.4, 0.5) is 17.6 Å². The Balaban J connectivity index is 1.05. The molecule has 278 valence electrons. The normalized spacial score (nSPS) is 30.6. The fourth-order valence-corrected chi connectivity index (χ4v) is 10.5. The SMILES string of the molecule is C[C@H](F)c1ccc2sc(C(=O)N[C@H]3CC[C@H](N(C)C4CC(C(F)(F)F)C4)C[C@H]4CC[C@@H](C(=O)N5C[C@H](c6ccccc6)CC56CC6)N4C3=O)cc2c1. The number of carbonyl (C=O) groups excluding carboxylic acids is 3. The van der Waals surface area contributed by atoms with Gasteiger partial charge in [0.05, 0.1) is 10.8 Å². The lowest BCUT2D eigenvalue weighted by atomic mass is 9.77. The van der Waals surface area contributed by atoms with Gasteiger partial charge < -0.3 is 20.0 Å². The summed E-state index contributed by atoms with van der Waals surface area (Å²) in [4.78, 5) is 49.3. The molecular formula is C40H46F4N4O3S. The average Bonchev–Trinajstić information content (AvgIpc) is 3.39. The van der Waals surface area contributed by atoms with E-state index in [4.69, 9.17) is 0 Å². The highest BCUT2D eigenvalue weighted by molar-refractivity contribution is 7.20. The number of rotatable bonds is 7. The molecule has 4 heterocycles. The highest BCUT2D eigenvalue weighted by Gasteiger charge is 2.59. The van der Waals surface area contributed by atoms with E-state index >= 15 is 0 Å². The van der Waals surface area contributed by atoms with E-state index in [0.29, 0.717) is 49.1 Å². The van der Waals surface area contributed by atoms with Crippen LogP contribution in [0, 0.1) is 5.92 Å². The molecule has 2 aromatic carbocycles. The van der Waals surface area contributed by atoms with Crippen molar-refractivity contribution < 1.29 is 31.9 Å². The number of hydrogen-bond donors (Lipinski definition) is 1. The van der Waals surface area contributed by atoms with E-state index in [0.717, 1.165) is 29.3 Å². The molecule has 1 spiro atoms. The monoisotopic (exact) mass is 738 g/mol. The maximum absolute atomic E-state index is 14.6. The Morgan fingerprint density at radius 2 is 1.73 bits per heavy atom. The van der Waals surface area contributed by atoms with Crippen molar-refractivity contribution in [1.82, 2.24) is 20.0 Å². The van der Waals surface area contributed by atoms with Crippen LogP contribution in [0.2, 0.25) is 0 Å². The largest absolute Gasteiger partial charge is 0.391 e. The van der Waals surface area contributed by atoms with E-state index < -0.39 is 36.3 Å². The van der Waals surface area contributed by atoms with Gasteiger partial charge >= 0.3 is 6.18 Å². The van der Waals surface area contributed by atoms with Gasteiger partial charge in [-0.05, 0) is 113 Å². The maximum Gasteiger partial charge on any atom is 0.391 e. The lowest BCUT2D eigenvalue weighted by molar-refractivity contribution is -0.207. The van der Waals surface area contributed by atoms with Gasteiger partial charge in [0.25, 0.3) is 5.91 Å². The summed E-state index contributed by atoms with van der Waals surface area (Å²) >= 11 is 1.27. The van der Waals surface area contributed by atoms with Crippen molar-refractivity contribution in [3.05, 3.63) is 70.6 Å². The average molecular weight is 739 g/mol. The number of thiophene rings is 1. The minimum atomic E-state index is -4.21. The molecule has 7 nitrogen and oxygen atoms in total. The first-order valence-corrected chi connectivity index (χ1v) is 19.6. The summed E-state index contributed by atoms with van der Waals surface area (Å²) in [6, 6.07) is 15.1. The van der Waals surface area contributed by atoms with Crippen molar-refractivity contribution >= 4 is 39.1 Å². The van der Waals surface area contributed by atoms with E-state index in [2.05, 4.69) is 22.3 Å². The molecule has 1 aromatic heterocycles.